The number of aromatic nitrogens is 1. The van der Waals surface area contributed by atoms with E-state index in [1.165, 1.54) is 44.6 Å². The molecule has 0 N–H and O–H groups in total. The van der Waals surface area contributed by atoms with Crippen LogP contribution in [0.25, 0.3) is 0 Å². The minimum Gasteiger partial charge on any atom is -0.438 e. The highest BCUT2D eigenvalue weighted by atomic mass is 32.2. The number of rotatable bonds is 5. The summed E-state index contributed by atoms with van der Waals surface area (Å²) in [7, 11) is -3.93. The van der Waals surface area contributed by atoms with Crippen LogP contribution < -0.4 is 4.74 Å². The van der Waals surface area contributed by atoms with Crippen molar-refractivity contribution in [2.75, 3.05) is 20.4 Å². The molecule has 0 unspecified atom stereocenters. The summed E-state index contributed by atoms with van der Waals surface area (Å²) in [6, 6.07) is 9.20. The van der Waals surface area contributed by atoms with Crippen molar-refractivity contribution < 1.29 is 26.4 Å². The molecule has 0 saturated carbocycles. The average Bonchev–Trinajstić information content (AvgIpc) is 3.10. The van der Waals surface area contributed by atoms with Gasteiger partial charge in [0.1, 0.15) is 5.75 Å². The van der Waals surface area contributed by atoms with Gasteiger partial charge in [-0.25, -0.2) is 26.1 Å². The van der Waals surface area contributed by atoms with Crippen LogP contribution in [0.5, 0.6) is 5.75 Å². The molecule has 0 fully saturated rings. The molecule has 0 saturated heterocycles. The third-order valence-electron chi connectivity index (χ3n) is 4.00. The summed E-state index contributed by atoms with van der Waals surface area (Å²) in [5, 5.41) is 3.84. The molecule has 28 heavy (non-hydrogen) atoms. The molecule has 1 aromatic carbocycles. The van der Waals surface area contributed by atoms with Gasteiger partial charge in [-0.05, 0) is 29.8 Å². The molecule has 0 radical (unpaired) electrons. The van der Waals surface area contributed by atoms with E-state index in [1.54, 1.807) is 12.1 Å². The zero-order chi connectivity index (χ0) is 20.5. The lowest BCUT2D eigenvalue weighted by atomic mass is 10.1. The first-order valence-electron chi connectivity index (χ1n) is 8.16. The predicted octanol–water partition coefficient (Wildman–Crippen LogP) is 1.59. The van der Waals surface area contributed by atoms with E-state index < -0.39 is 26.0 Å². The summed E-state index contributed by atoms with van der Waals surface area (Å²) in [6.07, 6.45) is 2.31. The SMILES string of the molecule is CN(C)S(=O)(=O)c1ccc([C@H]2CC(Oc3ccc(S(C)(=O)=O)nc3)=NO2)cc1. The summed E-state index contributed by atoms with van der Waals surface area (Å²) < 4.78 is 53.8. The maximum Gasteiger partial charge on any atom is 0.242 e. The summed E-state index contributed by atoms with van der Waals surface area (Å²) >= 11 is 0. The number of sulfone groups is 1. The van der Waals surface area contributed by atoms with Crippen LogP contribution in [0.15, 0.2) is 57.7 Å². The average molecular weight is 425 g/mol. The van der Waals surface area contributed by atoms with Crippen LogP contribution in [0, 0.1) is 0 Å². The van der Waals surface area contributed by atoms with Gasteiger partial charge in [0.2, 0.25) is 15.9 Å². The van der Waals surface area contributed by atoms with Crippen LogP contribution in [0.4, 0.5) is 0 Å². The molecule has 0 bridgehead atoms. The number of pyridine rings is 1. The van der Waals surface area contributed by atoms with E-state index in [0.717, 1.165) is 16.1 Å². The third kappa shape index (κ3) is 4.32. The van der Waals surface area contributed by atoms with Gasteiger partial charge in [0, 0.05) is 20.4 Å². The third-order valence-corrected chi connectivity index (χ3v) is 6.83. The number of nitrogens with zero attached hydrogens (tertiary/aromatic N) is 3. The molecular formula is C17H19N3O6S2. The zero-order valence-electron chi connectivity index (χ0n) is 15.4. The van der Waals surface area contributed by atoms with Crippen molar-refractivity contribution in [2.45, 2.75) is 22.4 Å². The van der Waals surface area contributed by atoms with Gasteiger partial charge in [0.15, 0.2) is 21.0 Å². The van der Waals surface area contributed by atoms with Crippen LogP contribution in [0.3, 0.4) is 0 Å². The van der Waals surface area contributed by atoms with E-state index >= 15 is 0 Å². The normalized spacial score (nSPS) is 17.3. The fraction of sp³-hybridized carbons (Fsp3) is 0.294. The molecule has 3 rings (SSSR count). The van der Waals surface area contributed by atoms with Gasteiger partial charge < -0.3 is 9.57 Å². The molecule has 1 aliphatic heterocycles. The first-order chi connectivity index (χ1) is 13.1. The smallest absolute Gasteiger partial charge is 0.242 e. The summed E-state index contributed by atoms with van der Waals surface area (Å²) in [5.41, 5.74) is 0.755. The molecule has 11 heteroatoms. The second-order valence-electron chi connectivity index (χ2n) is 6.35. The van der Waals surface area contributed by atoms with E-state index in [0.29, 0.717) is 18.1 Å². The molecule has 1 atom stereocenters. The second kappa shape index (κ2) is 7.49. The molecule has 0 spiro atoms. The van der Waals surface area contributed by atoms with Crippen molar-refractivity contribution in [3.63, 3.8) is 0 Å². The number of oxime groups is 1. The lowest BCUT2D eigenvalue weighted by Gasteiger charge is -2.13. The van der Waals surface area contributed by atoms with Crippen LogP contribution >= 0.6 is 0 Å². The second-order valence-corrected chi connectivity index (χ2v) is 10.5. The molecule has 1 aliphatic rings. The Bertz CT molecular complexity index is 1090. The maximum atomic E-state index is 12.1. The summed E-state index contributed by atoms with van der Waals surface area (Å²) in [6.45, 7) is 0. The predicted molar refractivity (Wildman–Crippen MR) is 101 cm³/mol. The van der Waals surface area contributed by atoms with Gasteiger partial charge >= 0.3 is 0 Å². The Morgan fingerprint density at radius 1 is 1.07 bits per heavy atom. The van der Waals surface area contributed by atoms with Crippen LogP contribution in [0.2, 0.25) is 0 Å². The zero-order valence-corrected chi connectivity index (χ0v) is 17.1. The van der Waals surface area contributed by atoms with E-state index in [4.69, 9.17) is 9.57 Å². The number of benzene rings is 1. The first kappa shape index (κ1) is 20.2. The standard InChI is InChI=1S/C17H19N3O6S2/c1-20(2)28(23,24)14-7-4-12(5-8-14)15-10-16(19-26-15)25-13-6-9-17(18-11-13)27(3,21)22/h4-9,11,15H,10H2,1-3H3/t15-/m1/s1. The lowest BCUT2D eigenvalue weighted by Crippen LogP contribution is -2.22. The highest BCUT2D eigenvalue weighted by Gasteiger charge is 2.26. The van der Waals surface area contributed by atoms with E-state index in [1.807, 2.05) is 0 Å². The van der Waals surface area contributed by atoms with Crippen LogP contribution in [-0.2, 0) is 24.7 Å². The Morgan fingerprint density at radius 3 is 2.29 bits per heavy atom. The minimum absolute atomic E-state index is 0.0462. The summed E-state index contributed by atoms with van der Waals surface area (Å²) in [5.74, 6) is 0.645. The first-order valence-corrected chi connectivity index (χ1v) is 11.5. The van der Waals surface area contributed by atoms with Crippen molar-refractivity contribution in [3.05, 3.63) is 48.2 Å². The topological polar surface area (TPSA) is 115 Å². The molecule has 2 heterocycles. The minimum atomic E-state index is -3.49. The van der Waals surface area contributed by atoms with Crippen molar-refractivity contribution in [3.8, 4) is 5.75 Å². The van der Waals surface area contributed by atoms with Crippen molar-refractivity contribution in [2.24, 2.45) is 5.16 Å². The lowest BCUT2D eigenvalue weighted by molar-refractivity contribution is 0.0855. The van der Waals surface area contributed by atoms with Crippen molar-refractivity contribution in [1.29, 1.82) is 0 Å². The number of hydrogen-bond donors (Lipinski definition) is 0. The van der Waals surface area contributed by atoms with Gasteiger partial charge in [0.05, 0.1) is 17.5 Å². The highest BCUT2D eigenvalue weighted by molar-refractivity contribution is 7.90. The van der Waals surface area contributed by atoms with Crippen molar-refractivity contribution in [1.82, 2.24) is 9.29 Å². The molecule has 0 amide bonds. The monoisotopic (exact) mass is 425 g/mol. The fourth-order valence-electron chi connectivity index (χ4n) is 2.44. The Hall–Kier alpha value is -2.50. The number of ether oxygens (including phenoxy) is 1. The Labute approximate surface area is 163 Å². The Balaban J connectivity index is 1.65. The number of hydrogen-bond acceptors (Lipinski definition) is 8. The van der Waals surface area contributed by atoms with Crippen LogP contribution in [-0.4, -0.2) is 52.4 Å². The van der Waals surface area contributed by atoms with Gasteiger partial charge in [-0.1, -0.05) is 17.3 Å². The molecule has 2 aromatic rings. The summed E-state index contributed by atoms with van der Waals surface area (Å²) in [4.78, 5) is 9.40. The Morgan fingerprint density at radius 2 is 1.75 bits per heavy atom. The van der Waals surface area contributed by atoms with Gasteiger partial charge in [-0.3, -0.25) is 0 Å². The quantitative estimate of drug-likeness (QED) is 0.714. The fourth-order valence-corrected chi connectivity index (χ4v) is 3.90. The van der Waals surface area contributed by atoms with Gasteiger partial charge in [0.25, 0.3) is 0 Å². The molecule has 0 aliphatic carbocycles. The molecule has 9 nitrogen and oxygen atoms in total. The molecule has 1 aromatic heterocycles. The molecule has 150 valence electrons. The van der Waals surface area contributed by atoms with Gasteiger partial charge in [-0.2, -0.15) is 0 Å². The van der Waals surface area contributed by atoms with E-state index in [9.17, 15) is 16.8 Å². The maximum absolute atomic E-state index is 12.1. The Kier molecular flexibility index (Phi) is 5.41. The molecular weight excluding hydrogens is 406 g/mol. The van der Waals surface area contributed by atoms with Crippen molar-refractivity contribution >= 4 is 25.8 Å². The van der Waals surface area contributed by atoms with E-state index in [-0.39, 0.29) is 9.92 Å². The van der Waals surface area contributed by atoms with Gasteiger partial charge in [-0.15, -0.1) is 0 Å². The largest absolute Gasteiger partial charge is 0.438 e. The number of sulfonamides is 1. The highest BCUT2D eigenvalue weighted by Crippen LogP contribution is 2.29. The van der Waals surface area contributed by atoms with E-state index in [2.05, 4.69) is 10.1 Å². The van der Waals surface area contributed by atoms with Crippen LogP contribution in [0.1, 0.15) is 18.1 Å².